The third-order valence-corrected chi connectivity index (χ3v) is 2.90. The third kappa shape index (κ3) is 5.14. The fourth-order valence-electron chi connectivity index (χ4n) is 1.90. The topological polar surface area (TPSA) is 58.4 Å². The second kappa shape index (κ2) is 6.08. The normalized spacial score (nSPS) is 24.1. The maximum atomic E-state index is 11.4. The van der Waals surface area contributed by atoms with Crippen LogP contribution >= 0.6 is 0 Å². The molecule has 0 aromatic heterocycles. The van der Waals surface area contributed by atoms with Crippen molar-refractivity contribution in [2.75, 3.05) is 26.7 Å². The fourth-order valence-corrected chi connectivity index (χ4v) is 1.90. The van der Waals surface area contributed by atoms with Crippen molar-refractivity contribution >= 4 is 5.91 Å². The molecule has 2 atom stereocenters. The first-order chi connectivity index (χ1) is 7.08. The number of nitrogens with zero attached hydrogens (tertiary/aromatic N) is 1. The van der Waals surface area contributed by atoms with Crippen LogP contribution < -0.4 is 11.1 Å². The maximum absolute atomic E-state index is 11.4. The summed E-state index contributed by atoms with van der Waals surface area (Å²) in [6.07, 6.45) is 2.53. The Kier molecular flexibility index (Phi) is 5.05. The molecule has 1 aliphatic heterocycles. The number of nitrogens with one attached hydrogen (secondary N) is 1. The molecule has 1 heterocycles. The lowest BCUT2D eigenvalue weighted by molar-refractivity contribution is -0.121. The molecule has 15 heavy (non-hydrogen) atoms. The molecule has 0 radical (unpaired) electrons. The van der Waals surface area contributed by atoms with E-state index in [0.29, 0.717) is 12.3 Å². The lowest BCUT2D eigenvalue weighted by atomic mass is 10.1. The van der Waals surface area contributed by atoms with Crippen molar-refractivity contribution in [1.29, 1.82) is 0 Å². The van der Waals surface area contributed by atoms with Crippen LogP contribution in [0.25, 0.3) is 0 Å². The quantitative estimate of drug-likeness (QED) is 0.685. The molecule has 3 N–H and O–H groups in total. The molecule has 0 bridgehead atoms. The van der Waals surface area contributed by atoms with Crippen LogP contribution in [0, 0.1) is 5.92 Å². The van der Waals surface area contributed by atoms with E-state index < -0.39 is 0 Å². The van der Waals surface area contributed by atoms with E-state index in [1.807, 2.05) is 6.92 Å². The molecule has 1 fully saturated rings. The molecule has 1 amide bonds. The van der Waals surface area contributed by atoms with Gasteiger partial charge in [0.1, 0.15) is 0 Å². The van der Waals surface area contributed by atoms with Gasteiger partial charge in [-0.2, -0.15) is 0 Å². The van der Waals surface area contributed by atoms with Gasteiger partial charge in [0, 0.05) is 25.6 Å². The Balaban J connectivity index is 2.06. The second-order valence-corrected chi connectivity index (χ2v) is 4.74. The van der Waals surface area contributed by atoms with Crippen LogP contribution in [-0.4, -0.2) is 43.5 Å². The molecule has 1 rings (SSSR count). The zero-order valence-corrected chi connectivity index (χ0v) is 9.83. The summed E-state index contributed by atoms with van der Waals surface area (Å²) in [6.45, 7) is 5.01. The Morgan fingerprint density at radius 2 is 2.40 bits per heavy atom. The number of likely N-dealkylation sites (tertiary alicyclic amines) is 1. The number of hydrogen-bond acceptors (Lipinski definition) is 3. The van der Waals surface area contributed by atoms with Crippen LogP contribution in [0.2, 0.25) is 0 Å². The molecular formula is C11H23N3O. The highest BCUT2D eigenvalue weighted by molar-refractivity contribution is 5.75. The molecule has 0 spiro atoms. The Hall–Kier alpha value is -0.610. The van der Waals surface area contributed by atoms with Crippen molar-refractivity contribution in [3.05, 3.63) is 0 Å². The molecule has 0 aliphatic carbocycles. The van der Waals surface area contributed by atoms with Gasteiger partial charge in [0.25, 0.3) is 0 Å². The second-order valence-electron chi connectivity index (χ2n) is 4.74. The summed E-state index contributed by atoms with van der Waals surface area (Å²) in [7, 11) is 2.12. The lowest BCUT2D eigenvalue weighted by Crippen LogP contribution is -2.31. The molecule has 0 aromatic carbocycles. The summed E-state index contributed by atoms with van der Waals surface area (Å²) in [4.78, 5) is 13.7. The number of nitrogens with two attached hydrogens (primary N) is 1. The minimum absolute atomic E-state index is 0.119. The van der Waals surface area contributed by atoms with Crippen LogP contribution in [0.3, 0.4) is 0 Å². The summed E-state index contributed by atoms with van der Waals surface area (Å²) >= 11 is 0. The van der Waals surface area contributed by atoms with Crippen LogP contribution in [0.4, 0.5) is 0 Å². The molecule has 0 aromatic rings. The number of carbonyl (C=O) groups excluding carboxylic acids is 1. The van der Waals surface area contributed by atoms with E-state index in [4.69, 9.17) is 5.73 Å². The predicted octanol–water partition coefficient (Wildman–Crippen LogP) is 0.182. The summed E-state index contributed by atoms with van der Waals surface area (Å²) in [6, 6.07) is 0.119. The number of amides is 1. The van der Waals surface area contributed by atoms with Gasteiger partial charge in [-0.1, -0.05) is 0 Å². The van der Waals surface area contributed by atoms with Crippen LogP contribution in [0.5, 0.6) is 0 Å². The van der Waals surface area contributed by atoms with E-state index in [1.165, 1.54) is 6.42 Å². The summed E-state index contributed by atoms with van der Waals surface area (Å²) in [5.74, 6) is 0.774. The zero-order valence-electron chi connectivity index (χ0n) is 9.83. The smallest absolute Gasteiger partial charge is 0.220 e. The molecule has 1 aliphatic rings. The molecule has 88 valence electrons. The Morgan fingerprint density at radius 3 is 2.93 bits per heavy atom. The first-order valence-corrected chi connectivity index (χ1v) is 5.78. The number of carbonyl (C=O) groups is 1. The largest absolute Gasteiger partial charge is 0.356 e. The van der Waals surface area contributed by atoms with Gasteiger partial charge in [0.2, 0.25) is 5.91 Å². The van der Waals surface area contributed by atoms with Gasteiger partial charge in [-0.25, -0.2) is 0 Å². The molecule has 0 saturated carbocycles. The monoisotopic (exact) mass is 213 g/mol. The van der Waals surface area contributed by atoms with Crippen LogP contribution in [0.15, 0.2) is 0 Å². The molecule has 4 heteroatoms. The molecule has 4 nitrogen and oxygen atoms in total. The Morgan fingerprint density at radius 1 is 1.67 bits per heavy atom. The number of rotatable bonds is 5. The lowest BCUT2D eigenvalue weighted by Gasteiger charge is -2.12. The van der Waals surface area contributed by atoms with Crippen LogP contribution in [-0.2, 0) is 4.79 Å². The predicted molar refractivity (Wildman–Crippen MR) is 61.5 cm³/mol. The minimum atomic E-state index is 0.119. The Labute approximate surface area is 92.2 Å². The van der Waals surface area contributed by atoms with E-state index >= 15 is 0 Å². The van der Waals surface area contributed by atoms with E-state index in [2.05, 4.69) is 17.3 Å². The van der Waals surface area contributed by atoms with E-state index in [0.717, 1.165) is 26.1 Å². The summed E-state index contributed by atoms with van der Waals surface area (Å²) < 4.78 is 0. The first-order valence-electron chi connectivity index (χ1n) is 5.78. The standard InChI is InChI=1S/C11H23N3O/c1-9(12)3-4-11(15)13-7-10-5-6-14(2)8-10/h9-10H,3-8,12H2,1-2H3,(H,13,15). The average molecular weight is 213 g/mol. The number of hydrogen-bond donors (Lipinski definition) is 2. The summed E-state index contributed by atoms with van der Waals surface area (Å²) in [5, 5.41) is 2.98. The van der Waals surface area contributed by atoms with Crippen LogP contribution in [0.1, 0.15) is 26.2 Å². The highest BCUT2D eigenvalue weighted by Crippen LogP contribution is 2.12. The van der Waals surface area contributed by atoms with Gasteiger partial charge < -0.3 is 16.0 Å². The Bertz CT molecular complexity index is 206. The highest BCUT2D eigenvalue weighted by atomic mass is 16.1. The van der Waals surface area contributed by atoms with Gasteiger partial charge in [-0.05, 0) is 39.3 Å². The van der Waals surface area contributed by atoms with Crippen molar-refractivity contribution in [3.8, 4) is 0 Å². The van der Waals surface area contributed by atoms with Gasteiger partial charge in [-0.15, -0.1) is 0 Å². The summed E-state index contributed by atoms with van der Waals surface area (Å²) in [5.41, 5.74) is 5.59. The van der Waals surface area contributed by atoms with Gasteiger partial charge in [-0.3, -0.25) is 4.79 Å². The van der Waals surface area contributed by atoms with Gasteiger partial charge in [0.05, 0.1) is 0 Å². The zero-order chi connectivity index (χ0) is 11.3. The van der Waals surface area contributed by atoms with E-state index in [9.17, 15) is 4.79 Å². The SMILES string of the molecule is CC(N)CCC(=O)NCC1CCN(C)C1. The highest BCUT2D eigenvalue weighted by Gasteiger charge is 2.19. The van der Waals surface area contributed by atoms with Crippen molar-refractivity contribution in [2.24, 2.45) is 11.7 Å². The van der Waals surface area contributed by atoms with Crippen molar-refractivity contribution in [3.63, 3.8) is 0 Å². The van der Waals surface area contributed by atoms with E-state index in [1.54, 1.807) is 0 Å². The van der Waals surface area contributed by atoms with E-state index in [-0.39, 0.29) is 11.9 Å². The van der Waals surface area contributed by atoms with Crippen molar-refractivity contribution in [1.82, 2.24) is 10.2 Å². The first kappa shape index (κ1) is 12.5. The molecule has 1 saturated heterocycles. The fraction of sp³-hybridized carbons (Fsp3) is 0.909. The average Bonchev–Trinajstić information content (AvgIpc) is 2.58. The van der Waals surface area contributed by atoms with Gasteiger partial charge in [0.15, 0.2) is 0 Å². The van der Waals surface area contributed by atoms with Gasteiger partial charge >= 0.3 is 0 Å². The molecular weight excluding hydrogens is 190 g/mol. The maximum Gasteiger partial charge on any atom is 0.220 e. The van der Waals surface area contributed by atoms with Crippen molar-refractivity contribution in [2.45, 2.75) is 32.2 Å². The van der Waals surface area contributed by atoms with Crippen molar-refractivity contribution < 1.29 is 4.79 Å². The minimum Gasteiger partial charge on any atom is -0.356 e. The third-order valence-electron chi connectivity index (χ3n) is 2.90. The molecule has 2 unspecified atom stereocenters.